The van der Waals surface area contributed by atoms with Crippen molar-refractivity contribution in [2.24, 2.45) is 5.92 Å². The molecule has 0 bridgehead atoms. The van der Waals surface area contributed by atoms with Crippen molar-refractivity contribution in [2.75, 3.05) is 7.05 Å². The van der Waals surface area contributed by atoms with Gasteiger partial charge < -0.3 is 10.1 Å². The Labute approximate surface area is 98.2 Å². The Balaban J connectivity index is 2.55. The van der Waals surface area contributed by atoms with E-state index in [0.717, 1.165) is 24.5 Å². The van der Waals surface area contributed by atoms with Gasteiger partial charge in [0.2, 0.25) is 5.88 Å². The number of ether oxygens (including phenoxy) is 1. The average molecular weight is 222 g/mol. The first-order valence-electron chi connectivity index (χ1n) is 5.89. The Morgan fingerprint density at radius 2 is 2.06 bits per heavy atom. The third-order valence-electron chi connectivity index (χ3n) is 2.26. The molecule has 1 aromatic heterocycles. The molecule has 1 aromatic rings. The van der Waals surface area contributed by atoms with E-state index in [1.165, 1.54) is 0 Å². The number of nitrogens with one attached hydrogen (secondary N) is 1. The summed E-state index contributed by atoms with van der Waals surface area (Å²) in [6.45, 7) is 7.26. The van der Waals surface area contributed by atoms with Crippen LogP contribution in [0.25, 0.3) is 0 Å². The second kappa shape index (κ2) is 6.48. The summed E-state index contributed by atoms with van der Waals surface area (Å²) >= 11 is 0. The fraction of sp³-hybridized carbons (Fsp3) is 0.615. The summed E-state index contributed by atoms with van der Waals surface area (Å²) in [6.07, 6.45) is 1.27. The largest absolute Gasteiger partial charge is 0.475 e. The van der Waals surface area contributed by atoms with Gasteiger partial charge in [-0.15, -0.1) is 0 Å². The van der Waals surface area contributed by atoms with Crippen LogP contribution in [0.15, 0.2) is 18.2 Å². The number of hydrogen-bond donors (Lipinski definition) is 1. The Morgan fingerprint density at radius 3 is 2.69 bits per heavy atom. The molecule has 1 atom stereocenters. The highest BCUT2D eigenvalue weighted by atomic mass is 16.5. The van der Waals surface area contributed by atoms with E-state index in [1.807, 2.05) is 25.2 Å². The van der Waals surface area contributed by atoms with Gasteiger partial charge in [-0.3, -0.25) is 0 Å². The zero-order valence-electron chi connectivity index (χ0n) is 10.7. The number of hydrogen-bond acceptors (Lipinski definition) is 3. The third-order valence-corrected chi connectivity index (χ3v) is 2.26. The zero-order valence-corrected chi connectivity index (χ0v) is 10.7. The summed E-state index contributed by atoms with van der Waals surface area (Å²) in [5.74, 6) is 1.37. The van der Waals surface area contributed by atoms with Crippen molar-refractivity contribution in [2.45, 2.75) is 39.8 Å². The summed E-state index contributed by atoms with van der Waals surface area (Å²) in [7, 11) is 1.91. The molecule has 0 radical (unpaired) electrons. The van der Waals surface area contributed by atoms with E-state index >= 15 is 0 Å². The van der Waals surface area contributed by atoms with Gasteiger partial charge in [-0.05, 0) is 32.4 Å². The second-order valence-corrected chi connectivity index (χ2v) is 4.56. The molecule has 0 aliphatic heterocycles. The number of rotatable bonds is 6. The molecule has 1 N–H and O–H groups in total. The van der Waals surface area contributed by atoms with Gasteiger partial charge in [0.05, 0.1) is 11.8 Å². The standard InChI is InChI=1S/C13H22N2O/c1-10(2)8-11(3)16-13-7-5-6-12(15-13)9-14-4/h5-7,10-11,14H,8-9H2,1-4H3. The van der Waals surface area contributed by atoms with Gasteiger partial charge in [0.1, 0.15) is 0 Å². The van der Waals surface area contributed by atoms with E-state index in [4.69, 9.17) is 4.74 Å². The molecular formula is C13H22N2O. The van der Waals surface area contributed by atoms with E-state index in [0.29, 0.717) is 5.92 Å². The van der Waals surface area contributed by atoms with Crippen LogP contribution in [0.4, 0.5) is 0 Å². The van der Waals surface area contributed by atoms with Gasteiger partial charge in [0, 0.05) is 12.6 Å². The number of pyridine rings is 1. The van der Waals surface area contributed by atoms with Crippen LogP contribution in [-0.4, -0.2) is 18.1 Å². The summed E-state index contributed by atoms with van der Waals surface area (Å²) in [4.78, 5) is 4.43. The van der Waals surface area contributed by atoms with Gasteiger partial charge >= 0.3 is 0 Å². The van der Waals surface area contributed by atoms with Crippen molar-refractivity contribution < 1.29 is 4.74 Å². The monoisotopic (exact) mass is 222 g/mol. The van der Waals surface area contributed by atoms with Crippen LogP contribution in [0.1, 0.15) is 32.9 Å². The highest BCUT2D eigenvalue weighted by Crippen LogP contribution is 2.13. The molecule has 90 valence electrons. The topological polar surface area (TPSA) is 34.1 Å². The molecule has 16 heavy (non-hydrogen) atoms. The fourth-order valence-electron chi connectivity index (χ4n) is 1.72. The smallest absolute Gasteiger partial charge is 0.213 e. The average Bonchev–Trinajstić information content (AvgIpc) is 2.17. The van der Waals surface area contributed by atoms with Crippen LogP contribution >= 0.6 is 0 Å². The molecule has 3 heteroatoms. The van der Waals surface area contributed by atoms with Crippen molar-refractivity contribution in [3.05, 3.63) is 23.9 Å². The minimum atomic E-state index is 0.220. The quantitative estimate of drug-likeness (QED) is 0.803. The normalized spacial score (nSPS) is 12.8. The molecule has 0 aromatic carbocycles. The molecule has 0 saturated carbocycles. The van der Waals surface area contributed by atoms with E-state index in [2.05, 4.69) is 31.1 Å². The van der Waals surface area contributed by atoms with Gasteiger partial charge in [0.15, 0.2) is 0 Å². The van der Waals surface area contributed by atoms with Crippen molar-refractivity contribution in [3.8, 4) is 5.88 Å². The van der Waals surface area contributed by atoms with Crippen LogP contribution in [-0.2, 0) is 6.54 Å². The minimum Gasteiger partial charge on any atom is -0.475 e. The SMILES string of the molecule is CNCc1cccc(OC(C)CC(C)C)n1. The molecule has 1 unspecified atom stereocenters. The van der Waals surface area contributed by atoms with Gasteiger partial charge in [-0.1, -0.05) is 19.9 Å². The summed E-state index contributed by atoms with van der Waals surface area (Å²) < 4.78 is 5.77. The van der Waals surface area contributed by atoms with Crippen LogP contribution in [0, 0.1) is 5.92 Å². The summed E-state index contributed by atoms with van der Waals surface area (Å²) in [6, 6.07) is 5.89. The van der Waals surface area contributed by atoms with Crippen molar-refractivity contribution in [1.82, 2.24) is 10.3 Å². The lowest BCUT2D eigenvalue weighted by Crippen LogP contribution is -2.16. The Hall–Kier alpha value is -1.09. The van der Waals surface area contributed by atoms with E-state index in [1.54, 1.807) is 0 Å². The molecular weight excluding hydrogens is 200 g/mol. The minimum absolute atomic E-state index is 0.220. The van der Waals surface area contributed by atoms with Gasteiger partial charge in [-0.25, -0.2) is 4.98 Å². The van der Waals surface area contributed by atoms with E-state index < -0.39 is 0 Å². The third kappa shape index (κ3) is 4.62. The van der Waals surface area contributed by atoms with E-state index in [-0.39, 0.29) is 6.10 Å². The number of aromatic nitrogens is 1. The summed E-state index contributed by atoms with van der Waals surface area (Å²) in [5, 5.41) is 3.08. The van der Waals surface area contributed by atoms with Crippen LogP contribution in [0.5, 0.6) is 5.88 Å². The summed E-state index contributed by atoms with van der Waals surface area (Å²) in [5.41, 5.74) is 1.01. The van der Waals surface area contributed by atoms with Crippen LogP contribution < -0.4 is 10.1 Å². The van der Waals surface area contributed by atoms with E-state index in [9.17, 15) is 0 Å². The highest BCUT2D eigenvalue weighted by Gasteiger charge is 2.07. The zero-order chi connectivity index (χ0) is 12.0. The molecule has 0 aliphatic carbocycles. The predicted octanol–water partition coefficient (Wildman–Crippen LogP) is 2.61. The van der Waals surface area contributed by atoms with Crippen molar-refractivity contribution in [1.29, 1.82) is 0 Å². The molecule has 1 rings (SSSR count). The Morgan fingerprint density at radius 1 is 1.31 bits per heavy atom. The molecule has 0 amide bonds. The lowest BCUT2D eigenvalue weighted by molar-refractivity contribution is 0.185. The van der Waals surface area contributed by atoms with Crippen molar-refractivity contribution >= 4 is 0 Å². The van der Waals surface area contributed by atoms with Crippen molar-refractivity contribution in [3.63, 3.8) is 0 Å². The first kappa shape index (κ1) is 13.0. The van der Waals surface area contributed by atoms with Gasteiger partial charge in [0.25, 0.3) is 0 Å². The molecule has 0 fully saturated rings. The maximum Gasteiger partial charge on any atom is 0.213 e. The fourth-order valence-corrected chi connectivity index (χ4v) is 1.72. The molecule has 0 spiro atoms. The predicted molar refractivity (Wildman–Crippen MR) is 66.5 cm³/mol. The maximum absolute atomic E-state index is 5.77. The van der Waals surface area contributed by atoms with Crippen LogP contribution in [0.3, 0.4) is 0 Å². The Kier molecular flexibility index (Phi) is 5.26. The maximum atomic E-state index is 5.77. The number of nitrogens with zero attached hydrogens (tertiary/aromatic N) is 1. The molecule has 1 heterocycles. The lowest BCUT2D eigenvalue weighted by atomic mass is 10.1. The highest BCUT2D eigenvalue weighted by molar-refractivity contribution is 5.15. The molecule has 0 aliphatic rings. The van der Waals surface area contributed by atoms with Gasteiger partial charge in [-0.2, -0.15) is 0 Å². The van der Waals surface area contributed by atoms with Crippen LogP contribution in [0.2, 0.25) is 0 Å². The Bertz CT molecular complexity index is 313. The first-order valence-corrected chi connectivity index (χ1v) is 5.89. The molecule has 3 nitrogen and oxygen atoms in total. The molecule has 0 saturated heterocycles. The lowest BCUT2D eigenvalue weighted by Gasteiger charge is -2.16. The second-order valence-electron chi connectivity index (χ2n) is 4.56. The first-order chi connectivity index (χ1) is 7.61.